The van der Waals surface area contributed by atoms with Crippen LogP contribution in [0.15, 0.2) is 6.33 Å². The van der Waals surface area contributed by atoms with E-state index in [4.69, 9.17) is 5.73 Å². The van der Waals surface area contributed by atoms with Gasteiger partial charge in [-0.2, -0.15) is 0 Å². The van der Waals surface area contributed by atoms with Crippen molar-refractivity contribution in [3.05, 3.63) is 12.2 Å². The fraction of sp³-hybridized carbons (Fsp3) is 0.867. The maximum atomic E-state index is 5.99. The highest BCUT2D eigenvalue weighted by Gasteiger charge is 2.26. The lowest BCUT2D eigenvalue weighted by Gasteiger charge is -2.28. The number of hydrogen-bond donors (Lipinski definition) is 1. The summed E-state index contributed by atoms with van der Waals surface area (Å²) in [5.41, 5.74) is 6.26. The van der Waals surface area contributed by atoms with Crippen LogP contribution in [0.2, 0.25) is 0 Å². The first-order valence-corrected chi connectivity index (χ1v) is 7.61. The second-order valence-electron chi connectivity index (χ2n) is 7.09. The summed E-state index contributed by atoms with van der Waals surface area (Å²) in [7, 11) is 0. The van der Waals surface area contributed by atoms with Gasteiger partial charge in [0.1, 0.15) is 12.2 Å². The maximum absolute atomic E-state index is 5.99. The van der Waals surface area contributed by atoms with Gasteiger partial charge in [0.05, 0.1) is 0 Å². The van der Waals surface area contributed by atoms with Crippen LogP contribution in [0.5, 0.6) is 0 Å². The molecule has 19 heavy (non-hydrogen) atoms. The number of rotatable bonds is 4. The van der Waals surface area contributed by atoms with Crippen molar-refractivity contribution in [3.8, 4) is 0 Å². The lowest BCUT2D eigenvalue weighted by atomic mass is 9.84. The van der Waals surface area contributed by atoms with Crippen molar-refractivity contribution in [1.82, 2.24) is 14.8 Å². The summed E-state index contributed by atoms with van der Waals surface area (Å²) in [5.74, 6) is 1.42. The largest absolute Gasteiger partial charge is 0.330 e. The predicted molar refractivity (Wildman–Crippen MR) is 78.0 cm³/mol. The zero-order chi connectivity index (χ0) is 13.9. The predicted octanol–water partition coefficient (Wildman–Crippen LogP) is 3.26. The van der Waals surface area contributed by atoms with Gasteiger partial charge in [0, 0.05) is 18.5 Å². The van der Waals surface area contributed by atoms with E-state index in [2.05, 4.69) is 35.5 Å². The molecule has 1 heterocycles. The zero-order valence-electron chi connectivity index (χ0n) is 12.6. The standard InChI is InChI=1S/C15H28N4/c1-15(2,3)9-12(10-16)14-18-17-11-19(14)13-7-5-4-6-8-13/h11-13H,4-10,16H2,1-3H3. The minimum absolute atomic E-state index is 0.271. The normalized spacial score (nSPS) is 19.6. The Labute approximate surface area is 116 Å². The van der Waals surface area contributed by atoms with E-state index < -0.39 is 0 Å². The van der Waals surface area contributed by atoms with Gasteiger partial charge in [0.2, 0.25) is 0 Å². The molecule has 1 fully saturated rings. The van der Waals surface area contributed by atoms with Gasteiger partial charge in [-0.15, -0.1) is 10.2 Å². The van der Waals surface area contributed by atoms with E-state index in [1.165, 1.54) is 32.1 Å². The Morgan fingerprint density at radius 1 is 1.32 bits per heavy atom. The molecule has 1 unspecified atom stereocenters. The van der Waals surface area contributed by atoms with Gasteiger partial charge < -0.3 is 10.3 Å². The summed E-state index contributed by atoms with van der Waals surface area (Å²) in [5, 5.41) is 8.53. The quantitative estimate of drug-likeness (QED) is 0.908. The lowest BCUT2D eigenvalue weighted by Crippen LogP contribution is -2.24. The molecule has 0 aliphatic heterocycles. The number of aromatic nitrogens is 3. The minimum Gasteiger partial charge on any atom is -0.330 e. The highest BCUT2D eigenvalue weighted by molar-refractivity contribution is 5.01. The van der Waals surface area contributed by atoms with E-state index in [-0.39, 0.29) is 5.41 Å². The molecule has 1 aliphatic carbocycles. The molecule has 1 aliphatic rings. The Kier molecular flexibility index (Phi) is 4.61. The van der Waals surface area contributed by atoms with E-state index in [1.54, 1.807) is 0 Å². The van der Waals surface area contributed by atoms with Gasteiger partial charge in [-0.3, -0.25) is 0 Å². The van der Waals surface area contributed by atoms with Crippen LogP contribution in [0.25, 0.3) is 0 Å². The van der Waals surface area contributed by atoms with Crippen molar-refractivity contribution in [3.63, 3.8) is 0 Å². The van der Waals surface area contributed by atoms with Gasteiger partial charge in [0.25, 0.3) is 0 Å². The van der Waals surface area contributed by atoms with Gasteiger partial charge in [0.15, 0.2) is 0 Å². The first-order valence-electron chi connectivity index (χ1n) is 7.61. The smallest absolute Gasteiger partial charge is 0.137 e. The van der Waals surface area contributed by atoms with E-state index in [0.717, 1.165) is 12.2 Å². The SMILES string of the molecule is CC(C)(C)CC(CN)c1nncn1C1CCCCC1. The minimum atomic E-state index is 0.271. The summed E-state index contributed by atoms with van der Waals surface area (Å²) in [6, 6.07) is 0.591. The second-order valence-corrected chi connectivity index (χ2v) is 7.09. The molecule has 1 saturated carbocycles. The number of nitrogens with two attached hydrogens (primary N) is 1. The van der Waals surface area contributed by atoms with Crippen LogP contribution in [0, 0.1) is 5.41 Å². The van der Waals surface area contributed by atoms with E-state index in [0.29, 0.717) is 18.5 Å². The molecule has 4 nitrogen and oxygen atoms in total. The average molecular weight is 264 g/mol. The van der Waals surface area contributed by atoms with Crippen molar-refractivity contribution in [2.75, 3.05) is 6.54 Å². The average Bonchev–Trinajstić information content (AvgIpc) is 2.85. The van der Waals surface area contributed by atoms with E-state index in [9.17, 15) is 0 Å². The van der Waals surface area contributed by atoms with Crippen molar-refractivity contribution in [2.24, 2.45) is 11.1 Å². The molecule has 1 atom stereocenters. The first-order chi connectivity index (χ1) is 9.01. The van der Waals surface area contributed by atoms with E-state index in [1.807, 2.05) is 6.33 Å². The molecule has 0 saturated heterocycles. The maximum Gasteiger partial charge on any atom is 0.137 e. The van der Waals surface area contributed by atoms with Crippen molar-refractivity contribution >= 4 is 0 Å². The zero-order valence-corrected chi connectivity index (χ0v) is 12.6. The molecule has 108 valence electrons. The summed E-state index contributed by atoms with van der Waals surface area (Å²) >= 11 is 0. The highest BCUT2D eigenvalue weighted by atomic mass is 15.3. The molecular formula is C15H28N4. The van der Waals surface area contributed by atoms with Crippen molar-refractivity contribution in [1.29, 1.82) is 0 Å². The van der Waals surface area contributed by atoms with Crippen molar-refractivity contribution in [2.45, 2.75) is 71.3 Å². The van der Waals surface area contributed by atoms with Crippen LogP contribution in [-0.4, -0.2) is 21.3 Å². The van der Waals surface area contributed by atoms with Crippen LogP contribution >= 0.6 is 0 Å². The molecule has 0 spiro atoms. The third kappa shape index (κ3) is 3.78. The molecule has 1 aromatic rings. The summed E-state index contributed by atoms with van der Waals surface area (Å²) in [4.78, 5) is 0. The molecule has 2 rings (SSSR count). The van der Waals surface area contributed by atoms with Crippen molar-refractivity contribution < 1.29 is 0 Å². The molecule has 1 aromatic heterocycles. The fourth-order valence-corrected chi connectivity index (χ4v) is 3.20. The Morgan fingerprint density at radius 2 is 2.00 bits per heavy atom. The monoisotopic (exact) mass is 264 g/mol. The van der Waals surface area contributed by atoms with Crippen LogP contribution in [-0.2, 0) is 0 Å². The second kappa shape index (κ2) is 6.04. The Hall–Kier alpha value is -0.900. The highest BCUT2D eigenvalue weighted by Crippen LogP contribution is 2.34. The molecule has 0 aromatic carbocycles. The van der Waals surface area contributed by atoms with Gasteiger partial charge >= 0.3 is 0 Å². The number of hydrogen-bond acceptors (Lipinski definition) is 3. The third-order valence-corrected chi connectivity index (χ3v) is 4.08. The molecular weight excluding hydrogens is 236 g/mol. The summed E-state index contributed by atoms with van der Waals surface area (Å²) in [6.45, 7) is 7.44. The van der Waals surface area contributed by atoms with Gasteiger partial charge in [-0.1, -0.05) is 40.0 Å². The Morgan fingerprint density at radius 3 is 2.58 bits per heavy atom. The van der Waals surface area contributed by atoms with Crippen LogP contribution in [0.1, 0.15) is 77.1 Å². The topological polar surface area (TPSA) is 56.7 Å². The van der Waals surface area contributed by atoms with E-state index >= 15 is 0 Å². The van der Waals surface area contributed by atoms with Gasteiger partial charge in [-0.05, 0) is 24.7 Å². The first kappa shape index (κ1) is 14.5. The lowest BCUT2D eigenvalue weighted by molar-refractivity contribution is 0.307. The summed E-state index contributed by atoms with van der Waals surface area (Å²) in [6.07, 6.45) is 9.53. The fourth-order valence-electron chi connectivity index (χ4n) is 3.20. The molecule has 0 radical (unpaired) electrons. The van der Waals surface area contributed by atoms with Crippen LogP contribution in [0.3, 0.4) is 0 Å². The third-order valence-electron chi connectivity index (χ3n) is 4.08. The Balaban J connectivity index is 2.16. The number of nitrogens with zero attached hydrogens (tertiary/aromatic N) is 3. The molecule has 4 heteroatoms. The van der Waals surface area contributed by atoms with Crippen LogP contribution < -0.4 is 5.73 Å². The molecule has 2 N–H and O–H groups in total. The van der Waals surface area contributed by atoms with Gasteiger partial charge in [-0.25, -0.2) is 0 Å². The Bertz CT molecular complexity index is 385. The summed E-state index contributed by atoms with van der Waals surface area (Å²) < 4.78 is 2.31. The molecule has 0 bridgehead atoms. The molecule has 0 amide bonds. The van der Waals surface area contributed by atoms with Crippen LogP contribution in [0.4, 0.5) is 0 Å².